The van der Waals surface area contributed by atoms with Crippen LogP contribution in [-0.2, 0) is 0 Å². The molecule has 25 heavy (non-hydrogen) atoms. The molecule has 0 saturated carbocycles. The molecule has 0 aliphatic heterocycles. The highest BCUT2D eigenvalue weighted by Gasteiger charge is 2.08. The SMILES string of the molecule is CC(C)c1ccc(Nc2ccc(C(=O)NCCCN(C)C)nn2)cc1. The third-order valence-corrected chi connectivity index (χ3v) is 3.81. The maximum Gasteiger partial charge on any atom is 0.271 e. The van der Waals surface area contributed by atoms with Crippen molar-refractivity contribution >= 4 is 17.4 Å². The summed E-state index contributed by atoms with van der Waals surface area (Å²) < 4.78 is 0. The van der Waals surface area contributed by atoms with Crippen molar-refractivity contribution in [2.45, 2.75) is 26.2 Å². The zero-order valence-corrected chi connectivity index (χ0v) is 15.4. The fourth-order valence-electron chi connectivity index (χ4n) is 2.31. The van der Waals surface area contributed by atoms with E-state index in [1.165, 1.54) is 5.56 Å². The number of aromatic nitrogens is 2. The van der Waals surface area contributed by atoms with Crippen LogP contribution in [0.15, 0.2) is 36.4 Å². The lowest BCUT2D eigenvalue weighted by Crippen LogP contribution is -2.28. The van der Waals surface area contributed by atoms with E-state index in [2.05, 4.69) is 51.7 Å². The van der Waals surface area contributed by atoms with E-state index in [1.54, 1.807) is 12.1 Å². The summed E-state index contributed by atoms with van der Waals surface area (Å²) in [5.74, 6) is 0.921. The van der Waals surface area contributed by atoms with E-state index < -0.39 is 0 Å². The lowest BCUT2D eigenvalue weighted by molar-refractivity contribution is 0.0946. The van der Waals surface area contributed by atoms with Crippen molar-refractivity contribution in [3.63, 3.8) is 0 Å². The van der Waals surface area contributed by atoms with Gasteiger partial charge >= 0.3 is 0 Å². The van der Waals surface area contributed by atoms with E-state index in [9.17, 15) is 4.79 Å². The Labute approximate surface area is 149 Å². The first-order valence-electron chi connectivity index (χ1n) is 8.59. The van der Waals surface area contributed by atoms with Crippen molar-refractivity contribution < 1.29 is 4.79 Å². The van der Waals surface area contributed by atoms with E-state index >= 15 is 0 Å². The Morgan fingerprint density at radius 1 is 1.08 bits per heavy atom. The number of carbonyl (C=O) groups excluding carboxylic acids is 1. The first-order valence-corrected chi connectivity index (χ1v) is 8.59. The molecule has 0 atom stereocenters. The van der Waals surface area contributed by atoms with E-state index in [4.69, 9.17) is 0 Å². The smallest absolute Gasteiger partial charge is 0.271 e. The van der Waals surface area contributed by atoms with Crippen molar-refractivity contribution in [1.82, 2.24) is 20.4 Å². The number of rotatable bonds is 8. The highest BCUT2D eigenvalue weighted by atomic mass is 16.1. The molecule has 2 rings (SSSR count). The van der Waals surface area contributed by atoms with Crippen molar-refractivity contribution in [3.05, 3.63) is 47.7 Å². The lowest BCUT2D eigenvalue weighted by atomic mass is 10.0. The lowest BCUT2D eigenvalue weighted by Gasteiger charge is -2.10. The minimum absolute atomic E-state index is 0.195. The van der Waals surface area contributed by atoms with Gasteiger partial charge in [-0.05, 0) is 62.8 Å². The van der Waals surface area contributed by atoms with E-state index in [0.717, 1.165) is 18.7 Å². The van der Waals surface area contributed by atoms with Crippen molar-refractivity contribution in [2.75, 3.05) is 32.5 Å². The number of hydrogen-bond donors (Lipinski definition) is 2. The van der Waals surface area contributed by atoms with Gasteiger partial charge in [-0.15, -0.1) is 10.2 Å². The van der Waals surface area contributed by atoms with Crippen LogP contribution >= 0.6 is 0 Å². The molecule has 1 aromatic carbocycles. The second-order valence-corrected chi connectivity index (χ2v) is 6.62. The third-order valence-electron chi connectivity index (χ3n) is 3.81. The maximum atomic E-state index is 12.0. The average Bonchev–Trinajstić information content (AvgIpc) is 2.59. The second-order valence-electron chi connectivity index (χ2n) is 6.62. The fourth-order valence-corrected chi connectivity index (χ4v) is 2.31. The van der Waals surface area contributed by atoms with Crippen LogP contribution in [0.25, 0.3) is 0 Å². The first-order chi connectivity index (χ1) is 12.0. The van der Waals surface area contributed by atoms with Gasteiger partial charge in [-0.1, -0.05) is 26.0 Å². The van der Waals surface area contributed by atoms with Crippen LogP contribution in [0.4, 0.5) is 11.5 Å². The van der Waals surface area contributed by atoms with Crippen LogP contribution in [0.2, 0.25) is 0 Å². The normalized spacial score (nSPS) is 11.0. The van der Waals surface area contributed by atoms with Crippen LogP contribution in [-0.4, -0.2) is 48.2 Å². The minimum atomic E-state index is -0.195. The molecule has 6 nitrogen and oxygen atoms in total. The zero-order valence-electron chi connectivity index (χ0n) is 15.4. The molecule has 0 spiro atoms. The Balaban J connectivity index is 1.87. The Hall–Kier alpha value is -2.47. The molecular formula is C19H27N5O. The summed E-state index contributed by atoms with van der Waals surface area (Å²) >= 11 is 0. The molecule has 0 radical (unpaired) electrons. The molecule has 1 amide bonds. The Morgan fingerprint density at radius 3 is 2.36 bits per heavy atom. The number of nitrogens with zero attached hydrogens (tertiary/aromatic N) is 3. The Bertz CT molecular complexity index is 665. The molecule has 6 heteroatoms. The minimum Gasteiger partial charge on any atom is -0.351 e. The Kier molecular flexibility index (Phi) is 6.89. The number of benzene rings is 1. The zero-order chi connectivity index (χ0) is 18.2. The number of carbonyl (C=O) groups is 1. The highest BCUT2D eigenvalue weighted by Crippen LogP contribution is 2.19. The van der Waals surface area contributed by atoms with Crippen LogP contribution in [0.1, 0.15) is 42.2 Å². The quantitative estimate of drug-likeness (QED) is 0.722. The number of nitrogens with one attached hydrogen (secondary N) is 2. The van der Waals surface area contributed by atoms with Gasteiger partial charge in [-0.25, -0.2) is 0 Å². The molecular weight excluding hydrogens is 314 g/mol. The summed E-state index contributed by atoms with van der Waals surface area (Å²) in [7, 11) is 4.02. The number of anilines is 2. The monoisotopic (exact) mass is 341 g/mol. The summed E-state index contributed by atoms with van der Waals surface area (Å²) in [4.78, 5) is 14.1. The summed E-state index contributed by atoms with van der Waals surface area (Å²) in [5, 5.41) is 14.1. The summed E-state index contributed by atoms with van der Waals surface area (Å²) in [6.45, 7) is 5.89. The van der Waals surface area contributed by atoms with E-state index in [-0.39, 0.29) is 5.91 Å². The molecule has 2 aromatic rings. The average molecular weight is 341 g/mol. The van der Waals surface area contributed by atoms with Crippen molar-refractivity contribution in [1.29, 1.82) is 0 Å². The van der Waals surface area contributed by atoms with Gasteiger partial charge in [-0.3, -0.25) is 4.79 Å². The van der Waals surface area contributed by atoms with E-state index in [0.29, 0.717) is 24.0 Å². The molecule has 0 saturated heterocycles. The first kappa shape index (κ1) is 18.9. The molecule has 134 valence electrons. The van der Waals surface area contributed by atoms with Gasteiger partial charge in [0.25, 0.3) is 5.91 Å². The van der Waals surface area contributed by atoms with Crippen LogP contribution in [0.3, 0.4) is 0 Å². The van der Waals surface area contributed by atoms with Gasteiger partial charge < -0.3 is 15.5 Å². The van der Waals surface area contributed by atoms with Crippen molar-refractivity contribution in [3.8, 4) is 0 Å². The maximum absolute atomic E-state index is 12.0. The van der Waals surface area contributed by atoms with Crippen LogP contribution < -0.4 is 10.6 Å². The summed E-state index contributed by atoms with van der Waals surface area (Å²) in [5.41, 5.74) is 2.56. The molecule has 1 aromatic heterocycles. The molecule has 0 bridgehead atoms. The Morgan fingerprint density at radius 2 is 1.80 bits per heavy atom. The number of hydrogen-bond acceptors (Lipinski definition) is 5. The highest BCUT2D eigenvalue weighted by molar-refractivity contribution is 5.92. The second kappa shape index (κ2) is 9.13. The molecule has 0 fully saturated rings. The van der Waals surface area contributed by atoms with Gasteiger partial charge in [0.15, 0.2) is 11.5 Å². The third kappa shape index (κ3) is 6.15. The fraction of sp³-hybridized carbons (Fsp3) is 0.421. The number of amides is 1. The van der Waals surface area contributed by atoms with Gasteiger partial charge in [0.2, 0.25) is 0 Å². The van der Waals surface area contributed by atoms with Gasteiger partial charge in [-0.2, -0.15) is 0 Å². The topological polar surface area (TPSA) is 70.2 Å². The largest absolute Gasteiger partial charge is 0.351 e. The molecule has 0 aliphatic rings. The van der Waals surface area contributed by atoms with Gasteiger partial charge in [0.1, 0.15) is 0 Å². The molecule has 0 aliphatic carbocycles. The van der Waals surface area contributed by atoms with Gasteiger partial charge in [0.05, 0.1) is 0 Å². The standard InChI is InChI=1S/C19H27N5O/c1-14(2)15-6-8-16(9-7-15)21-18-11-10-17(22-23-18)19(25)20-12-5-13-24(3)4/h6-11,14H,5,12-13H2,1-4H3,(H,20,25)(H,21,23). The van der Waals surface area contributed by atoms with E-state index in [1.807, 2.05) is 26.2 Å². The predicted octanol–water partition coefficient (Wildman–Crippen LogP) is 3.03. The van der Waals surface area contributed by atoms with Crippen LogP contribution in [0, 0.1) is 0 Å². The molecule has 1 heterocycles. The predicted molar refractivity (Wildman–Crippen MR) is 101 cm³/mol. The summed E-state index contributed by atoms with van der Waals surface area (Å²) in [6.07, 6.45) is 0.901. The molecule has 2 N–H and O–H groups in total. The van der Waals surface area contributed by atoms with Crippen LogP contribution in [0.5, 0.6) is 0 Å². The van der Waals surface area contributed by atoms with Gasteiger partial charge in [0, 0.05) is 12.2 Å². The summed E-state index contributed by atoms with van der Waals surface area (Å²) in [6, 6.07) is 11.7. The molecule has 0 unspecified atom stereocenters. The van der Waals surface area contributed by atoms with Crippen molar-refractivity contribution in [2.24, 2.45) is 0 Å².